The van der Waals surface area contributed by atoms with Gasteiger partial charge in [0.25, 0.3) is 5.69 Å². The normalized spacial score (nSPS) is 9.41. The molecule has 17 heavy (non-hydrogen) atoms. The number of hydrogen-bond acceptors (Lipinski definition) is 5. The van der Waals surface area contributed by atoms with Gasteiger partial charge < -0.3 is 16.5 Å². The van der Waals surface area contributed by atoms with E-state index in [1.54, 1.807) is 0 Å². The Balaban J connectivity index is 3.09. The van der Waals surface area contributed by atoms with E-state index >= 15 is 0 Å². The first kappa shape index (κ1) is 12.3. The van der Waals surface area contributed by atoms with E-state index in [1.807, 2.05) is 0 Å². The predicted octanol–water partition coefficient (Wildman–Crippen LogP) is 0.918. The predicted molar refractivity (Wildman–Crippen MR) is 64.2 cm³/mol. The topological polar surface area (TPSA) is 153 Å². The molecule has 8 nitrogen and oxygen atoms in total. The van der Waals surface area contributed by atoms with Crippen LogP contribution in [0.2, 0.25) is 0 Å². The molecular weight excluding hydrogens is 224 g/mol. The van der Waals surface area contributed by atoms with E-state index in [2.05, 4.69) is 5.32 Å². The van der Waals surface area contributed by atoms with Crippen LogP contribution in [0.25, 0.3) is 0 Å². The van der Waals surface area contributed by atoms with Crippen LogP contribution in [0.1, 0.15) is 5.56 Å². The summed E-state index contributed by atoms with van der Waals surface area (Å²) in [4.78, 5) is 9.95. The lowest BCUT2D eigenvalue weighted by atomic mass is 10.1. The molecule has 1 aromatic carbocycles. The van der Waals surface area contributed by atoms with E-state index in [0.717, 1.165) is 6.21 Å². The molecule has 0 aliphatic rings. The zero-order valence-corrected chi connectivity index (χ0v) is 8.65. The number of nitro groups is 1. The molecular formula is C9H10N6O2. The second-order valence-electron chi connectivity index (χ2n) is 3.09. The Morgan fingerprint density at radius 3 is 2.59 bits per heavy atom. The van der Waals surface area contributed by atoms with E-state index in [0.29, 0.717) is 5.69 Å². The molecule has 8 heteroatoms. The highest BCUT2D eigenvalue weighted by Crippen LogP contribution is 2.20. The molecule has 0 aromatic heterocycles. The third-order valence-corrected chi connectivity index (χ3v) is 1.93. The molecule has 0 radical (unpaired) electrons. The van der Waals surface area contributed by atoms with Gasteiger partial charge in [0.15, 0.2) is 11.7 Å². The van der Waals surface area contributed by atoms with Crippen LogP contribution in [0.5, 0.6) is 0 Å². The fourth-order valence-electron chi connectivity index (χ4n) is 1.10. The number of nitrogens with zero attached hydrogens (tertiary/aromatic N) is 1. The largest absolute Gasteiger partial charge is 0.381 e. The summed E-state index contributed by atoms with van der Waals surface area (Å²) in [5, 5.41) is 34.5. The van der Waals surface area contributed by atoms with Crippen LogP contribution in [0.15, 0.2) is 18.2 Å². The Bertz CT molecular complexity index is 510. The van der Waals surface area contributed by atoms with Gasteiger partial charge in [-0.15, -0.1) is 0 Å². The van der Waals surface area contributed by atoms with E-state index in [9.17, 15) is 10.1 Å². The van der Waals surface area contributed by atoms with Crippen molar-refractivity contribution in [2.75, 3.05) is 5.32 Å². The van der Waals surface area contributed by atoms with Crippen LogP contribution in [0.3, 0.4) is 0 Å². The molecule has 0 bridgehead atoms. The van der Waals surface area contributed by atoms with Crippen LogP contribution >= 0.6 is 0 Å². The molecule has 1 aromatic rings. The van der Waals surface area contributed by atoms with Crippen LogP contribution in [-0.2, 0) is 0 Å². The van der Waals surface area contributed by atoms with Crippen LogP contribution in [-0.4, -0.2) is 22.8 Å². The van der Waals surface area contributed by atoms with E-state index in [1.165, 1.54) is 18.2 Å². The van der Waals surface area contributed by atoms with Gasteiger partial charge in [-0.05, 0) is 6.07 Å². The Hall–Kier alpha value is -2.77. The van der Waals surface area contributed by atoms with Gasteiger partial charge in [0, 0.05) is 29.6 Å². The maximum atomic E-state index is 10.5. The smallest absolute Gasteiger partial charge is 0.270 e. The van der Waals surface area contributed by atoms with Crippen molar-refractivity contribution in [3.63, 3.8) is 0 Å². The zero-order valence-electron chi connectivity index (χ0n) is 8.65. The van der Waals surface area contributed by atoms with Gasteiger partial charge in [-0.1, -0.05) is 0 Å². The quantitative estimate of drug-likeness (QED) is 0.228. The summed E-state index contributed by atoms with van der Waals surface area (Å²) >= 11 is 0. The third kappa shape index (κ3) is 2.84. The molecule has 0 spiro atoms. The van der Waals surface area contributed by atoms with Gasteiger partial charge in [-0.25, -0.2) is 0 Å². The van der Waals surface area contributed by atoms with Crippen molar-refractivity contribution in [3.8, 4) is 0 Å². The molecule has 1 rings (SSSR count). The van der Waals surface area contributed by atoms with Crippen LogP contribution in [0, 0.1) is 26.3 Å². The van der Waals surface area contributed by atoms with Crippen molar-refractivity contribution in [2.24, 2.45) is 5.73 Å². The SMILES string of the molecule is N=Cc1cc([N+](=O)[O-])ccc1NC(=N)C(=N)N. The number of nitrogens with two attached hydrogens (primary N) is 1. The van der Waals surface area contributed by atoms with Gasteiger partial charge in [0.1, 0.15) is 0 Å². The summed E-state index contributed by atoms with van der Waals surface area (Å²) in [5.74, 6) is -0.791. The maximum absolute atomic E-state index is 10.5. The highest BCUT2D eigenvalue weighted by Gasteiger charge is 2.10. The average Bonchev–Trinajstić information content (AvgIpc) is 2.28. The van der Waals surface area contributed by atoms with E-state index < -0.39 is 10.8 Å². The minimum atomic E-state index is -0.576. The lowest BCUT2D eigenvalue weighted by Crippen LogP contribution is -2.28. The van der Waals surface area contributed by atoms with Crippen molar-refractivity contribution in [2.45, 2.75) is 0 Å². The van der Waals surface area contributed by atoms with Crippen LogP contribution < -0.4 is 11.1 Å². The fraction of sp³-hybridized carbons (Fsp3) is 0. The summed E-state index contributed by atoms with van der Waals surface area (Å²) in [7, 11) is 0. The summed E-state index contributed by atoms with van der Waals surface area (Å²) in [6.45, 7) is 0. The van der Waals surface area contributed by atoms with Crippen molar-refractivity contribution in [1.29, 1.82) is 16.2 Å². The summed E-state index contributed by atoms with van der Waals surface area (Å²) in [6.07, 6.45) is 0.919. The van der Waals surface area contributed by atoms with Crippen LogP contribution in [0.4, 0.5) is 11.4 Å². The molecule has 0 heterocycles. The standard InChI is InChI=1S/C9H10N6O2/c10-4-5-3-6(15(16)17)1-2-7(5)14-9(13)8(11)12/h1-4,10H,(H3,11,12)(H2,13,14). The molecule has 0 atom stereocenters. The highest BCUT2D eigenvalue weighted by molar-refractivity contribution is 6.41. The van der Waals surface area contributed by atoms with E-state index in [-0.39, 0.29) is 17.1 Å². The Kier molecular flexibility index (Phi) is 3.50. The van der Waals surface area contributed by atoms with Gasteiger partial charge >= 0.3 is 0 Å². The maximum Gasteiger partial charge on any atom is 0.270 e. The van der Waals surface area contributed by atoms with Crippen molar-refractivity contribution in [3.05, 3.63) is 33.9 Å². The second kappa shape index (κ2) is 4.84. The highest BCUT2D eigenvalue weighted by atomic mass is 16.6. The molecule has 0 amide bonds. The minimum absolute atomic E-state index is 0.150. The molecule has 0 fully saturated rings. The molecule has 0 saturated carbocycles. The van der Waals surface area contributed by atoms with Gasteiger partial charge in [0.2, 0.25) is 0 Å². The number of hydrogen-bond donors (Lipinski definition) is 5. The Morgan fingerprint density at radius 1 is 1.47 bits per heavy atom. The molecule has 0 unspecified atom stereocenters. The molecule has 0 saturated heterocycles. The Morgan fingerprint density at radius 2 is 2.12 bits per heavy atom. The first-order chi connectivity index (χ1) is 7.95. The average molecular weight is 234 g/mol. The third-order valence-electron chi connectivity index (χ3n) is 1.93. The molecule has 0 aliphatic carbocycles. The van der Waals surface area contributed by atoms with Gasteiger partial charge in [-0.3, -0.25) is 20.9 Å². The first-order valence-electron chi connectivity index (χ1n) is 4.44. The van der Waals surface area contributed by atoms with Gasteiger partial charge in [-0.2, -0.15) is 0 Å². The minimum Gasteiger partial charge on any atom is -0.381 e. The number of amidine groups is 2. The zero-order chi connectivity index (χ0) is 13.0. The van der Waals surface area contributed by atoms with Gasteiger partial charge in [0.05, 0.1) is 4.92 Å². The second-order valence-corrected chi connectivity index (χ2v) is 3.09. The van der Waals surface area contributed by atoms with E-state index in [4.69, 9.17) is 22.0 Å². The molecule has 0 aliphatic heterocycles. The number of nitrogens with one attached hydrogen (secondary N) is 4. The first-order valence-corrected chi connectivity index (χ1v) is 4.44. The number of benzene rings is 1. The number of non-ortho nitro benzene ring substituents is 1. The monoisotopic (exact) mass is 234 g/mol. The van der Waals surface area contributed by atoms with Crippen molar-refractivity contribution >= 4 is 29.3 Å². The number of anilines is 1. The summed E-state index contributed by atoms with van der Waals surface area (Å²) < 4.78 is 0. The molecule has 88 valence electrons. The Labute approximate surface area is 96.1 Å². The summed E-state index contributed by atoms with van der Waals surface area (Å²) in [5.41, 5.74) is 5.49. The summed E-state index contributed by atoms with van der Waals surface area (Å²) in [6, 6.07) is 3.79. The molecule has 6 N–H and O–H groups in total. The number of nitro benzene ring substituents is 1. The lowest BCUT2D eigenvalue weighted by Gasteiger charge is -2.08. The van der Waals surface area contributed by atoms with Crippen molar-refractivity contribution < 1.29 is 4.92 Å². The lowest BCUT2D eigenvalue weighted by molar-refractivity contribution is -0.384. The van der Waals surface area contributed by atoms with Crippen molar-refractivity contribution in [1.82, 2.24) is 0 Å². The number of rotatable bonds is 3. The fourth-order valence-corrected chi connectivity index (χ4v) is 1.10.